The van der Waals surface area contributed by atoms with E-state index >= 15 is 0 Å². The molecule has 2 aliphatic rings. The van der Waals surface area contributed by atoms with Gasteiger partial charge in [-0.25, -0.2) is 4.98 Å². The monoisotopic (exact) mass is 290 g/mol. The van der Waals surface area contributed by atoms with Crippen LogP contribution in [0, 0.1) is 12.8 Å². The zero-order chi connectivity index (χ0) is 14.7. The molecule has 0 amide bonds. The van der Waals surface area contributed by atoms with E-state index in [1.54, 1.807) is 0 Å². The molecule has 2 fully saturated rings. The van der Waals surface area contributed by atoms with Crippen molar-refractivity contribution in [2.24, 2.45) is 5.92 Å². The normalized spacial score (nSPS) is 27.0. The Morgan fingerprint density at radius 1 is 1.24 bits per heavy atom. The Morgan fingerprint density at radius 3 is 2.90 bits per heavy atom. The molecule has 2 aliphatic heterocycles. The highest BCUT2D eigenvalue weighted by Gasteiger charge is 2.33. The van der Waals surface area contributed by atoms with Gasteiger partial charge < -0.3 is 14.4 Å². The third kappa shape index (κ3) is 3.67. The van der Waals surface area contributed by atoms with Gasteiger partial charge in [0.25, 0.3) is 0 Å². The minimum Gasteiger partial charge on any atom is -0.334 e. The van der Waals surface area contributed by atoms with E-state index in [2.05, 4.69) is 39.5 Å². The molecule has 3 heterocycles. The van der Waals surface area contributed by atoms with E-state index in [1.807, 2.05) is 6.20 Å². The van der Waals surface area contributed by atoms with Crippen LogP contribution in [0.1, 0.15) is 37.9 Å². The van der Waals surface area contributed by atoms with Gasteiger partial charge in [0.2, 0.25) is 0 Å². The zero-order valence-corrected chi connectivity index (χ0v) is 13.7. The molecule has 0 N–H and O–H groups in total. The first kappa shape index (κ1) is 15.0. The van der Waals surface area contributed by atoms with Crippen LogP contribution in [0.15, 0.2) is 12.4 Å². The van der Waals surface area contributed by atoms with Crippen LogP contribution in [0.25, 0.3) is 0 Å². The van der Waals surface area contributed by atoms with Crippen molar-refractivity contribution in [1.82, 2.24) is 19.4 Å². The molecule has 0 aliphatic carbocycles. The molecule has 0 aromatic carbocycles. The van der Waals surface area contributed by atoms with Gasteiger partial charge in [-0.2, -0.15) is 0 Å². The van der Waals surface area contributed by atoms with Gasteiger partial charge in [0.15, 0.2) is 0 Å². The molecule has 1 aromatic rings. The van der Waals surface area contributed by atoms with Crippen LogP contribution in [0.5, 0.6) is 0 Å². The van der Waals surface area contributed by atoms with Gasteiger partial charge in [0.1, 0.15) is 5.82 Å². The summed E-state index contributed by atoms with van der Waals surface area (Å²) in [6.45, 7) is 8.22. The van der Waals surface area contributed by atoms with Crippen molar-refractivity contribution in [3.8, 4) is 0 Å². The summed E-state index contributed by atoms with van der Waals surface area (Å²) in [5.41, 5.74) is 0. The molecular formula is C17H30N4. The zero-order valence-electron chi connectivity index (χ0n) is 13.7. The van der Waals surface area contributed by atoms with Crippen LogP contribution < -0.4 is 0 Å². The number of hydrogen-bond donors (Lipinski definition) is 0. The van der Waals surface area contributed by atoms with Crippen LogP contribution in [0.2, 0.25) is 0 Å². The number of piperidine rings is 2. The summed E-state index contributed by atoms with van der Waals surface area (Å²) in [7, 11) is 2.29. The van der Waals surface area contributed by atoms with E-state index in [0.29, 0.717) is 0 Å². The molecule has 4 nitrogen and oxygen atoms in total. The predicted molar refractivity (Wildman–Crippen MR) is 86.4 cm³/mol. The quantitative estimate of drug-likeness (QED) is 0.832. The lowest BCUT2D eigenvalue weighted by molar-refractivity contribution is 0.0441. The summed E-state index contributed by atoms with van der Waals surface area (Å²) >= 11 is 0. The third-order valence-corrected chi connectivity index (χ3v) is 5.42. The second-order valence-electron chi connectivity index (χ2n) is 6.93. The van der Waals surface area contributed by atoms with Gasteiger partial charge in [-0.1, -0.05) is 6.42 Å². The van der Waals surface area contributed by atoms with Gasteiger partial charge in [0, 0.05) is 38.1 Å². The van der Waals surface area contributed by atoms with Gasteiger partial charge in [-0.05, 0) is 58.7 Å². The van der Waals surface area contributed by atoms with E-state index in [4.69, 9.17) is 0 Å². The molecular weight excluding hydrogens is 260 g/mol. The first-order valence-corrected chi connectivity index (χ1v) is 8.64. The largest absolute Gasteiger partial charge is 0.334 e. The molecule has 0 radical (unpaired) electrons. The lowest BCUT2D eigenvalue weighted by atomic mass is 9.83. The molecule has 0 unspecified atom stereocenters. The van der Waals surface area contributed by atoms with E-state index in [1.165, 1.54) is 51.7 Å². The fourth-order valence-electron chi connectivity index (χ4n) is 4.20. The van der Waals surface area contributed by atoms with E-state index < -0.39 is 0 Å². The average Bonchev–Trinajstić information content (AvgIpc) is 2.91. The minimum atomic E-state index is 0.866. The maximum Gasteiger partial charge on any atom is 0.105 e. The number of likely N-dealkylation sites (N-methyl/N-ethyl adjacent to an activating group) is 1. The number of hydrogen-bond acceptors (Lipinski definition) is 3. The predicted octanol–water partition coefficient (Wildman–Crippen LogP) is 2.39. The molecule has 0 saturated carbocycles. The molecule has 2 saturated heterocycles. The second-order valence-corrected chi connectivity index (χ2v) is 6.93. The fraction of sp³-hybridized carbons (Fsp3) is 0.824. The first-order chi connectivity index (χ1) is 10.2. The van der Waals surface area contributed by atoms with Crippen molar-refractivity contribution in [1.29, 1.82) is 0 Å². The standard InChI is InChI=1S/C17H30N4/c1-15-18-8-11-20(15)13-12-19(2)14-16-6-5-10-21-9-4-3-7-17(16)21/h8,11,16-17H,3-7,9-10,12-14H2,1-2H3/t16-,17+/m0/s1. The van der Waals surface area contributed by atoms with Crippen molar-refractivity contribution >= 4 is 0 Å². The lowest BCUT2D eigenvalue weighted by Crippen LogP contribution is -2.50. The lowest BCUT2D eigenvalue weighted by Gasteiger charge is -2.45. The minimum absolute atomic E-state index is 0.866. The van der Waals surface area contributed by atoms with Gasteiger partial charge >= 0.3 is 0 Å². The number of nitrogens with zero attached hydrogens (tertiary/aromatic N) is 4. The highest BCUT2D eigenvalue weighted by atomic mass is 15.2. The van der Waals surface area contributed by atoms with Crippen molar-refractivity contribution in [3.05, 3.63) is 18.2 Å². The van der Waals surface area contributed by atoms with Crippen molar-refractivity contribution in [3.63, 3.8) is 0 Å². The summed E-state index contributed by atoms with van der Waals surface area (Å²) in [5, 5.41) is 0. The van der Waals surface area contributed by atoms with E-state index in [-0.39, 0.29) is 0 Å². The Balaban J connectivity index is 1.49. The smallest absolute Gasteiger partial charge is 0.105 e. The van der Waals surface area contributed by atoms with E-state index in [0.717, 1.165) is 30.9 Å². The molecule has 1 aromatic heterocycles. The highest BCUT2D eigenvalue weighted by molar-refractivity contribution is 4.90. The summed E-state index contributed by atoms with van der Waals surface area (Å²) < 4.78 is 2.25. The third-order valence-electron chi connectivity index (χ3n) is 5.42. The van der Waals surface area contributed by atoms with Crippen LogP contribution >= 0.6 is 0 Å². The Hall–Kier alpha value is -0.870. The SMILES string of the molecule is Cc1nccn1CCN(C)C[C@@H]1CCCN2CCCC[C@H]12. The van der Waals surface area contributed by atoms with E-state index in [9.17, 15) is 0 Å². The number of rotatable bonds is 5. The molecule has 118 valence electrons. The van der Waals surface area contributed by atoms with Gasteiger partial charge in [-0.15, -0.1) is 0 Å². The fourth-order valence-corrected chi connectivity index (χ4v) is 4.20. The number of fused-ring (bicyclic) bond motifs is 1. The Kier molecular flexibility index (Phi) is 4.96. The summed E-state index contributed by atoms with van der Waals surface area (Å²) in [6, 6.07) is 0.866. The first-order valence-electron chi connectivity index (χ1n) is 8.64. The highest BCUT2D eigenvalue weighted by Crippen LogP contribution is 2.31. The van der Waals surface area contributed by atoms with Crippen molar-refractivity contribution in [2.75, 3.05) is 33.2 Å². The van der Waals surface area contributed by atoms with Crippen molar-refractivity contribution in [2.45, 2.75) is 51.6 Å². The Bertz CT molecular complexity index is 440. The number of aromatic nitrogens is 2. The molecule has 2 atom stereocenters. The van der Waals surface area contributed by atoms with Crippen LogP contribution in [-0.4, -0.2) is 58.6 Å². The van der Waals surface area contributed by atoms with Crippen LogP contribution in [0.4, 0.5) is 0 Å². The molecule has 0 bridgehead atoms. The Morgan fingerprint density at radius 2 is 2.10 bits per heavy atom. The van der Waals surface area contributed by atoms with Crippen LogP contribution in [-0.2, 0) is 6.54 Å². The summed E-state index contributed by atoms with van der Waals surface area (Å²) in [6.07, 6.45) is 11.1. The maximum atomic E-state index is 4.30. The average molecular weight is 290 g/mol. The van der Waals surface area contributed by atoms with Gasteiger partial charge in [-0.3, -0.25) is 0 Å². The van der Waals surface area contributed by atoms with Crippen LogP contribution in [0.3, 0.4) is 0 Å². The molecule has 3 rings (SSSR count). The number of aryl methyl sites for hydroxylation is 1. The molecule has 21 heavy (non-hydrogen) atoms. The maximum absolute atomic E-state index is 4.30. The second kappa shape index (κ2) is 6.93. The topological polar surface area (TPSA) is 24.3 Å². The van der Waals surface area contributed by atoms with Gasteiger partial charge in [0.05, 0.1) is 0 Å². The molecule has 0 spiro atoms. The summed E-state index contributed by atoms with van der Waals surface area (Å²) in [4.78, 5) is 9.60. The number of imidazole rings is 1. The van der Waals surface area contributed by atoms with Crippen molar-refractivity contribution < 1.29 is 0 Å². The molecule has 4 heteroatoms. The Labute approximate surface area is 129 Å². The summed E-state index contributed by atoms with van der Waals surface area (Å²) in [5.74, 6) is 2.01.